The summed E-state index contributed by atoms with van der Waals surface area (Å²) in [4.78, 5) is 12.1. The average molecular weight is 407 g/mol. The van der Waals surface area contributed by atoms with E-state index in [-0.39, 0.29) is 6.61 Å². The van der Waals surface area contributed by atoms with E-state index in [1.54, 1.807) is 6.07 Å². The smallest absolute Gasteiger partial charge is 0.411 e. The third-order valence-electron chi connectivity index (χ3n) is 4.38. The van der Waals surface area contributed by atoms with Gasteiger partial charge in [-0.05, 0) is 52.9 Å². The molecule has 0 saturated carbocycles. The van der Waals surface area contributed by atoms with Crippen LogP contribution in [-0.4, -0.2) is 6.09 Å². The molecule has 29 heavy (non-hydrogen) atoms. The number of nitrogens with one attached hydrogen (secondary N) is 1. The van der Waals surface area contributed by atoms with Gasteiger partial charge in [0.2, 0.25) is 0 Å². The first-order chi connectivity index (χ1) is 14.0. The van der Waals surface area contributed by atoms with Crippen LogP contribution in [0, 0.1) is 0 Å². The van der Waals surface area contributed by atoms with Gasteiger partial charge in [-0.15, -0.1) is 0 Å². The molecule has 0 atom stereocenters. The van der Waals surface area contributed by atoms with Gasteiger partial charge in [0, 0.05) is 17.3 Å². The van der Waals surface area contributed by atoms with Gasteiger partial charge in [-0.25, -0.2) is 4.79 Å². The zero-order valence-electron chi connectivity index (χ0n) is 16.2. The fourth-order valence-corrected chi connectivity index (χ4v) is 3.14. The van der Waals surface area contributed by atoms with E-state index in [1.807, 2.05) is 73.7 Å². The van der Waals surface area contributed by atoms with E-state index in [4.69, 9.17) is 22.1 Å². The molecule has 0 bridgehead atoms. The Bertz CT molecular complexity index is 1020. The average Bonchev–Trinajstić information content (AvgIpc) is 2.72. The summed E-state index contributed by atoms with van der Waals surface area (Å²) in [6, 6.07) is 23.0. The highest BCUT2D eigenvalue weighted by Crippen LogP contribution is 2.26. The largest absolute Gasteiger partial charge is 0.444 e. The SMILES string of the molecule is CC(=Cc1cccc(CN)c1)c1cc(Cl)cc(NC(=O)OCc2ccccc2)c1. The molecule has 3 rings (SSSR count). The quantitative estimate of drug-likeness (QED) is 0.485. The minimum Gasteiger partial charge on any atom is -0.444 e. The van der Waals surface area contributed by atoms with E-state index < -0.39 is 6.09 Å². The van der Waals surface area contributed by atoms with Crippen LogP contribution in [0.2, 0.25) is 5.02 Å². The third kappa shape index (κ3) is 6.21. The minimum absolute atomic E-state index is 0.205. The Labute approximate surface area is 176 Å². The lowest BCUT2D eigenvalue weighted by Crippen LogP contribution is -2.13. The zero-order chi connectivity index (χ0) is 20.6. The molecule has 0 saturated heterocycles. The fourth-order valence-electron chi connectivity index (χ4n) is 2.91. The summed E-state index contributed by atoms with van der Waals surface area (Å²) in [5.41, 5.74) is 11.3. The summed E-state index contributed by atoms with van der Waals surface area (Å²) < 4.78 is 5.27. The van der Waals surface area contributed by atoms with Gasteiger partial charge in [0.1, 0.15) is 6.61 Å². The van der Waals surface area contributed by atoms with Crippen LogP contribution in [0.15, 0.2) is 72.8 Å². The normalized spacial score (nSPS) is 11.2. The van der Waals surface area contributed by atoms with E-state index in [0.29, 0.717) is 17.3 Å². The Morgan fingerprint density at radius 2 is 1.79 bits per heavy atom. The van der Waals surface area contributed by atoms with Crippen LogP contribution in [0.4, 0.5) is 10.5 Å². The van der Waals surface area contributed by atoms with Crippen LogP contribution in [0.25, 0.3) is 11.6 Å². The molecule has 0 unspecified atom stereocenters. The number of carbonyl (C=O) groups is 1. The van der Waals surface area contributed by atoms with Crippen molar-refractivity contribution in [3.63, 3.8) is 0 Å². The van der Waals surface area contributed by atoms with Crippen molar-refractivity contribution in [2.75, 3.05) is 5.32 Å². The van der Waals surface area contributed by atoms with Crippen molar-refractivity contribution in [2.45, 2.75) is 20.1 Å². The van der Waals surface area contributed by atoms with Gasteiger partial charge in [-0.2, -0.15) is 0 Å². The summed E-state index contributed by atoms with van der Waals surface area (Å²) in [7, 11) is 0. The van der Waals surface area contributed by atoms with Gasteiger partial charge in [0.15, 0.2) is 0 Å². The highest BCUT2D eigenvalue weighted by molar-refractivity contribution is 6.31. The van der Waals surface area contributed by atoms with Crippen LogP contribution >= 0.6 is 11.6 Å². The highest BCUT2D eigenvalue weighted by Gasteiger charge is 2.07. The first-order valence-electron chi connectivity index (χ1n) is 9.29. The molecule has 3 aromatic rings. The number of benzene rings is 3. The number of allylic oxidation sites excluding steroid dienone is 1. The summed E-state index contributed by atoms with van der Waals surface area (Å²) >= 11 is 6.27. The van der Waals surface area contributed by atoms with Crippen molar-refractivity contribution < 1.29 is 9.53 Å². The maximum atomic E-state index is 12.1. The second kappa shape index (κ2) is 9.92. The molecule has 0 radical (unpaired) electrons. The Kier molecular flexibility index (Phi) is 7.06. The Hall–Kier alpha value is -3.08. The number of halogens is 1. The first-order valence-corrected chi connectivity index (χ1v) is 9.67. The lowest BCUT2D eigenvalue weighted by Gasteiger charge is -2.10. The molecule has 0 spiro atoms. The van der Waals surface area contributed by atoms with Crippen molar-refractivity contribution in [2.24, 2.45) is 5.73 Å². The van der Waals surface area contributed by atoms with Crippen molar-refractivity contribution in [1.29, 1.82) is 0 Å². The third-order valence-corrected chi connectivity index (χ3v) is 4.60. The van der Waals surface area contributed by atoms with Crippen LogP contribution in [0.1, 0.15) is 29.2 Å². The van der Waals surface area contributed by atoms with E-state index in [2.05, 4.69) is 11.4 Å². The molecule has 5 heteroatoms. The molecular weight excluding hydrogens is 384 g/mol. The fraction of sp³-hybridized carbons (Fsp3) is 0.125. The van der Waals surface area contributed by atoms with Crippen molar-refractivity contribution >= 4 is 35.0 Å². The Balaban J connectivity index is 1.71. The first kappa shape index (κ1) is 20.6. The van der Waals surface area contributed by atoms with Crippen LogP contribution in [-0.2, 0) is 17.9 Å². The Morgan fingerprint density at radius 3 is 2.55 bits per heavy atom. The van der Waals surface area contributed by atoms with Gasteiger partial charge in [-0.1, -0.05) is 72.3 Å². The number of nitrogens with two attached hydrogens (primary N) is 1. The monoisotopic (exact) mass is 406 g/mol. The molecule has 1 amide bonds. The zero-order valence-corrected chi connectivity index (χ0v) is 16.9. The number of rotatable bonds is 6. The Morgan fingerprint density at radius 1 is 1.03 bits per heavy atom. The number of anilines is 1. The van der Waals surface area contributed by atoms with Gasteiger partial charge < -0.3 is 10.5 Å². The molecule has 3 N–H and O–H groups in total. The van der Waals surface area contributed by atoms with E-state index in [9.17, 15) is 4.79 Å². The van der Waals surface area contributed by atoms with E-state index in [0.717, 1.165) is 27.8 Å². The molecule has 0 aliphatic heterocycles. The molecule has 0 aliphatic rings. The second-order valence-corrected chi connectivity index (χ2v) is 7.13. The lowest BCUT2D eigenvalue weighted by molar-refractivity contribution is 0.155. The van der Waals surface area contributed by atoms with Crippen LogP contribution < -0.4 is 11.1 Å². The van der Waals surface area contributed by atoms with Gasteiger partial charge in [0.05, 0.1) is 0 Å². The molecule has 0 aliphatic carbocycles. The summed E-state index contributed by atoms with van der Waals surface area (Å²) in [6.07, 6.45) is 1.53. The summed E-state index contributed by atoms with van der Waals surface area (Å²) in [6.45, 7) is 2.70. The summed E-state index contributed by atoms with van der Waals surface area (Å²) in [5.74, 6) is 0. The lowest BCUT2D eigenvalue weighted by atomic mass is 10.0. The molecule has 0 aromatic heterocycles. The van der Waals surface area contributed by atoms with E-state index >= 15 is 0 Å². The van der Waals surface area contributed by atoms with Crippen molar-refractivity contribution in [3.8, 4) is 0 Å². The molecule has 148 valence electrons. The predicted molar refractivity (Wildman–Crippen MR) is 120 cm³/mol. The van der Waals surface area contributed by atoms with Crippen LogP contribution in [0.3, 0.4) is 0 Å². The minimum atomic E-state index is -0.528. The summed E-state index contributed by atoms with van der Waals surface area (Å²) in [5, 5.41) is 3.27. The number of ether oxygens (including phenoxy) is 1. The number of hydrogen-bond donors (Lipinski definition) is 2. The number of hydrogen-bond acceptors (Lipinski definition) is 3. The topological polar surface area (TPSA) is 64.3 Å². The molecule has 0 fully saturated rings. The van der Waals surface area contributed by atoms with Gasteiger partial charge in [-0.3, -0.25) is 5.32 Å². The van der Waals surface area contributed by atoms with Crippen LogP contribution in [0.5, 0.6) is 0 Å². The van der Waals surface area contributed by atoms with E-state index in [1.165, 1.54) is 0 Å². The maximum absolute atomic E-state index is 12.1. The predicted octanol–water partition coefficient (Wildman–Crippen LogP) is 6.11. The second-order valence-electron chi connectivity index (χ2n) is 6.69. The van der Waals surface area contributed by atoms with Gasteiger partial charge in [0.25, 0.3) is 0 Å². The van der Waals surface area contributed by atoms with Crippen molar-refractivity contribution in [3.05, 3.63) is 100 Å². The number of carbonyl (C=O) groups excluding carboxylic acids is 1. The van der Waals surface area contributed by atoms with Gasteiger partial charge >= 0.3 is 6.09 Å². The van der Waals surface area contributed by atoms with Crippen molar-refractivity contribution in [1.82, 2.24) is 0 Å². The molecule has 3 aromatic carbocycles. The standard InChI is InChI=1S/C24H23ClN2O2/c1-17(10-19-8-5-9-20(11-19)15-26)21-12-22(25)14-23(13-21)27-24(28)29-16-18-6-3-2-4-7-18/h2-14H,15-16,26H2,1H3,(H,27,28). The number of amides is 1. The maximum Gasteiger partial charge on any atom is 0.411 e. The highest BCUT2D eigenvalue weighted by atomic mass is 35.5. The molecular formula is C24H23ClN2O2. The molecule has 0 heterocycles. The molecule has 4 nitrogen and oxygen atoms in total.